The van der Waals surface area contributed by atoms with Gasteiger partial charge in [-0.1, -0.05) is 35.9 Å². The van der Waals surface area contributed by atoms with Crippen molar-refractivity contribution in [2.75, 3.05) is 0 Å². The third-order valence-electron chi connectivity index (χ3n) is 4.09. The molecule has 2 aliphatic rings. The van der Waals surface area contributed by atoms with Crippen molar-refractivity contribution >= 4 is 0 Å². The monoisotopic (exact) mass is 213 g/mol. The van der Waals surface area contributed by atoms with Gasteiger partial charge in [0.25, 0.3) is 0 Å². The van der Waals surface area contributed by atoms with Crippen LogP contribution in [0, 0.1) is 5.92 Å². The average molecular weight is 213 g/mol. The van der Waals surface area contributed by atoms with Crippen molar-refractivity contribution in [3.05, 3.63) is 47.0 Å². The van der Waals surface area contributed by atoms with Gasteiger partial charge in [0.1, 0.15) is 0 Å². The van der Waals surface area contributed by atoms with Gasteiger partial charge in [0, 0.05) is 6.04 Å². The summed E-state index contributed by atoms with van der Waals surface area (Å²) in [4.78, 5) is 0. The minimum absolute atomic E-state index is 0.301. The molecule has 16 heavy (non-hydrogen) atoms. The van der Waals surface area contributed by atoms with Gasteiger partial charge in [-0.15, -0.1) is 0 Å². The predicted molar refractivity (Wildman–Crippen MR) is 67.2 cm³/mol. The van der Waals surface area contributed by atoms with E-state index in [4.69, 9.17) is 5.73 Å². The van der Waals surface area contributed by atoms with E-state index in [2.05, 4.69) is 30.3 Å². The van der Waals surface area contributed by atoms with E-state index >= 15 is 0 Å². The highest BCUT2D eigenvalue weighted by Crippen LogP contribution is 2.32. The molecule has 84 valence electrons. The van der Waals surface area contributed by atoms with Crippen molar-refractivity contribution in [3.8, 4) is 0 Å². The molecule has 1 aromatic rings. The summed E-state index contributed by atoms with van der Waals surface area (Å²) in [7, 11) is 0. The standard InChI is InChI=1S/C15H19N/c16-15(11-5-1-2-6-11)14-9-12-7-3-4-8-13(12)10-14/h3-5,7-8,14-15H,1-2,6,9-10,16H2. The number of hydrogen-bond donors (Lipinski definition) is 1. The first-order valence-corrected chi connectivity index (χ1v) is 6.36. The highest BCUT2D eigenvalue weighted by atomic mass is 14.7. The van der Waals surface area contributed by atoms with E-state index in [9.17, 15) is 0 Å². The fraction of sp³-hybridized carbons (Fsp3) is 0.467. The van der Waals surface area contributed by atoms with Crippen LogP contribution < -0.4 is 5.73 Å². The lowest BCUT2D eigenvalue weighted by molar-refractivity contribution is 0.477. The molecule has 0 saturated carbocycles. The van der Waals surface area contributed by atoms with Gasteiger partial charge in [0.2, 0.25) is 0 Å². The van der Waals surface area contributed by atoms with Crippen LogP contribution in [0.1, 0.15) is 30.4 Å². The molecule has 0 spiro atoms. The summed E-state index contributed by atoms with van der Waals surface area (Å²) in [5, 5.41) is 0. The van der Waals surface area contributed by atoms with Crippen molar-refractivity contribution in [1.29, 1.82) is 0 Å². The molecule has 1 unspecified atom stereocenters. The molecule has 1 atom stereocenters. The Hall–Kier alpha value is -1.08. The average Bonchev–Trinajstić information content (AvgIpc) is 2.97. The lowest BCUT2D eigenvalue weighted by Crippen LogP contribution is -2.32. The molecule has 2 aliphatic carbocycles. The van der Waals surface area contributed by atoms with Crippen LogP contribution in [0.25, 0.3) is 0 Å². The zero-order valence-corrected chi connectivity index (χ0v) is 9.65. The number of rotatable bonds is 2. The van der Waals surface area contributed by atoms with Gasteiger partial charge in [0.05, 0.1) is 0 Å². The van der Waals surface area contributed by atoms with Gasteiger partial charge in [0.15, 0.2) is 0 Å². The first-order valence-electron chi connectivity index (χ1n) is 6.36. The minimum Gasteiger partial charge on any atom is -0.324 e. The molecule has 0 amide bonds. The number of allylic oxidation sites excluding steroid dienone is 1. The van der Waals surface area contributed by atoms with Crippen molar-refractivity contribution in [3.63, 3.8) is 0 Å². The van der Waals surface area contributed by atoms with Gasteiger partial charge in [-0.3, -0.25) is 0 Å². The molecule has 1 heteroatoms. The number of nitrogens with two attached hydrogens (primary N) is 1. The summed E-state index contributed by atoms with van der Waals surface area (Å²) >= 11 is 0. The van der Waals surface area contributed by atoms with Crippen LogP contribution >= 0.6 is 0 Å². The smallest absolute Gasteiger partial charge is 0.0288 e. The molecular formula is C15H19N. The lowest BCUT2D eigenvalue weighted by Gasteiger charge is -2.20. The fourth-order valence-electron chi connectivity index (χ4n) is 3.15. The molecule has 0 bridgehead atoms. The van der Waals surface area contributed by atoms with Gasteiger partial charge >= 0.3 is 0 Å². The molecule has 2 N–H and O–H groups in total. The van der Waals surface area contributed by atoms with E-state index in [1.165, 1.54) is 48.8 Å². The van der Waals surface area contributed by atoms with Gasteiger partial charge in [-0.25, -0.2) is 0 Å². The number of hydrogen-bond acceptors (Lipinski definition) is 1. The molecule has 0 aliphatic heterocycles. The van der Waals surface area contributed by atoms with Gasteiger partial charge < -0.3 is 5.73 Å². The zero-order chi connectivity index (χ0) is 11.0. The fourth-order valence-corrected chi connectivity index (χ4v) is 3.15. The molecule has 0 aromatic heterocycles. The SMILES string of the molecule is NC(C1=CCCC1)C1Cc2ccccc2C1. The third kappa shape index (κ3) is 1.69. The largest absolute Gasteiger partial charge is 0.324 e. The van der Waals surface area contributed by atoms with E-state index in [1.807, 2.05) is 0 Å². The highest BCUT2D eigenvalue weighted by Gasteiger charge is 2.28. The predicted octanol–water partition coefficient (Wildman–Crippen LogP) is 2.84. The summed E-state index contributed by atoms with van der Waals surface area (Å²) in [6, 6.07) is 9.09. The summed E-state index contributed by atoms with van der Waals surface area (Å²) in [5.41, 5.74) is 10.9. The second kappa shape index (κ2) is 4.06. The van der Waals surface area contributed by atoms with Crippen molar-refractivity contribution in [2.45, 2.75) is 38.1 Å². The van der Waals surface area contributed by atoms with Gasteiger partial charge in [-0.2, -0.15) is 0 Å². The van der Waals surface area contributed by atoms with E-state index in [-0.39, 0.29) is 0 Å². The molecule has 3 rings (SSSR count). The van der Waals surface area contributed by atoms with Gasteiger partial charge in [-0.05, 0) is 49.1 Å². The first kappa shape index (κ1) is 10.1. The van der Waals surface area contributed by atoms with Crippen molar-refractivity contribution in [2.24, 2.45) is 11.7 Å². The Morgan fingerprint density at radius 3 is 2.38 bits per heavy atom. The zero-order valence-electron chi connectivity index (χ0n) is 9.65. The van der Waals surface area contributed by atoms with Crippen LogP contribution in [-0.2, 0) is 12.8 Å². The Morgan fingerprint density at radius 2 is 1.81 bits per heavy atom. The van der Waals surface area contributed by atoms with E-state index in [0.29, 0.717) is 12.0 Å². The summed E-state index contributed by atoms with van der Waals surface area (Å²) < 4.78 is 0. The third-order valence-corrected chi connectivity index (χ3v) is 4.09. The van der Waals surface area contributed by atoms with Crippen LogP contribution in [0.3, 0.4) is 0 Å². The molecule has 0 saturated heterocycles. The Bertz CT molecular complexity index is 394. The number of fused-ring (bicyclic) bond motifs is 1. The maximum absolute atomic E-state index is 6.40. The second-order valence-corrected chi connectivity index (χ2v) is 5.13. The molecule has 0 fully saturated rings. The molecule has 1 aromatic carbocycles. The Balaban J connectivity index is 1.75. The Morgan fingerprint density at radius 1 is 1.12 bits per heavy atom. The number of benzene rings is 1. The van der Waals surface area contributed by atoms with E-state index in [0.717, 1.165) is 0 Å². The Labute approximate surface area is 97.4 Å². The molecular weight excluding hydrogens is 194 g/mol. The summed E-state index contributed by atoms with van der Waals surface area (Å²) in [6.45, 7) is 0. The lowest BCUT2D eigenvalue weighted by atomic mass is 9.91. The van der Waals surface area contributed by atoms with Crippen LogP contribution in [0.15, 0.2) is 35.9 Å². The summed E-state index contributed by atoms with van der Waals surface area (Å²) in [5.74, 6) is 0.641. The van der Waals surface area contributed by atoms with Crippen molar-refractivity contribution < 1.29 is 0 Å². The Kier molecular flexibility index (Phi) is 2.56. The normalized spacial score (nSPS) is 21.9. The van der Waals surface area contributed by atoms with E-state index < -0.39 is 0 Å². The maximum Gasteiger partial charge on any atom is 0.0288 e. The van der Waals surface area contributed by atoms with Crippen LogP contribution in [0.4, 0.5) is 0 Å². The first-order chi connectivity index (χ1) is 7.84. The quantitative estimate of drug-likeness (QED) is 0.751. The summed E-state index contributed by atoms with van der Waals surface area (Å²) in [6.07, 6.45) is 8.50. The molecule has 1 nitrogen and oxygen atoms in total. The van der Waals surface area contributed by atoms with Crippen LogP contribution in [-0.4, -0.2) is 6.04 Å². The van der Waals surface area contributed by atoms with E-state index in [1.54, 1.807) is 0 Å². The van der Waals surface area contributed by atoms with Crippen LogP contribution in [0.5, 0.6) is 0 Å². The van der Waals surface area contributed by atoms with Crippen molar-refractivity contribution in [1.82, 2.24) is 0 Å². The minimum atomic E-state index is 0.301. The topological polar surface area (TPSA) is 26.0 Å². The maximum atomic E-state index is 6.40. The molecule has 0 radical (unpaired) electrons. The highest BCUT2D eigenvalue weighted by molar-refractivity contribution is 5.34. The molecule has 0 heterocycles. The van der Waals surface area contributed by atoms with Crippen LogP contribution in [0.2, 0.25) is 0 Å². The second-order valence-electron chi connectivity index (χ2n) is 5.13.